The predicted molar refractivity (Wildman–Crippen MR) is 102 cm³/mol. The molecular formula is C18H25ClN2O5S. The van der Waals surface area contributed by atoms with Gasteiger partial charge < -0.3 is 10.1 Å². The van der Waals surface area contributed by atoms with E-state index in [-0.39, 0.29) is 30.5 Å². The lowest BCUT2D eigenvalue weighted by molar-refractivity contribution is -0.154. The van der Waals surface area contributed by atoms with Gasteiger partial charge in [-0.2, -0.15) is 4.31 Å². The van der Waals surface area contributed by atoms with Gasteiger partial charge in [-0.3, -0.25) is 9.59 Å². The number of esters is 1. The average molecular weight is 417 g/mol. The van der Waals surface area contributed by atoms with Crippen LogP contribution in [0.3, 0.4) is 0 Å². The maximum Gasteiger partial charge on any atom is 0.309 e. The Morgan fingerprint density at radius 2 is 1.74 bits per heavy atom. The van der Waals surface area contributed by atoms with Gasteiger partial charge in [0, 0.05) is 23.7 Å². The van der Waals surface area contributed by atoms with Crippen molar-refractivity contribution in [2.45, 2.75) is 44.0 Å². The Kier molecular flexibility index (Phi) is 6.88. The molecule has 1 aromatic rings. The number of benzene rings is 1. The van der Waals surface area contributed by atoms with E-state index in [0.29, 0.717) is 17.9 Å². The molecule has 0 radical (unpaired) electrons. The van der Waals surface area contributed by atoms with Crippen LogP contribution in [0.2, 0.25) is 5.02 Å². The molecule has 1 aliphatic rings. The topological polar surface area (TPSA) is 92.8 Å². The summed E-state index contributed by atoms with van der Waals surface area (Å²) < 4.78 is 31.7. The number of carbonyl (C=O) groups is 2. The molecule has 150 valence electrons. The third-order valence-electron chi connectivity index (χ3n) is 4.10. The van der Waals surface area contributed by atoms with Crippen LogP contribution < -0.4 is 5.32 Å². The van der Waals surface area contributed by atoms with Crippen molar-refractivity contribution in [3.8, 4) is 0 Å². The van der Waals surface area contributed by atoms with E-state index < -0.39 is 27.4 Å². The van der Waals surface area contributed by atoms with Crippen molar-refractivity contribution in [1.29, 1.82) is 0 Å². The maximum atomic E-state index is 12.6. The third-order valence-corrected chi connectivity index (χ3v) is 6.26. The van der Waals surface area contributed by atoms with E-state index in [0.717, 1.165) is 0 Å². The average Bonchev–Trinajstić information content (AvgIpc) is 2.58. The second-order valence-electron chi connectivity index (χ2n) is 7.54. The van der Waals surface area contributed by atoms with Crippen LogP contribution in [0.25, 0.3) is 0 Å². The number of carbonyl (C=O) groups excluding carboxylic acids is 2. The normalized spacial score (nSPS) is 16.7. The van der Waals surface area contributed by atoms with Gasteiger partial charge in [-0.15, -0.1) is 0 Å². The van der Waals surface area contributed by atoms with Crippen LogP contribution in [0.5, 0.6) is 0 Å². The molecule has 1 aromatic carbocycles. The Bertz CT molecular complexity index is 779. The van der Waals surface area contributed by atoms with Gasteiger partial charge >= 0.3 is 5.97 Å². The molecule has 0 saturated carbocycles. The number of nitrogens with one attached hydrogen (secondary N) is 1. The zero-order valence-corrected chi connectivity index (χ0v) is 17.3. The summed E-state index contributed by atoms with van der Waals surface area (Å²) in [6.45, 7) is 5.62. The minimum absolute atomic E-state index is 0.173. The van der Waals surface area contributed by atoms with Crippen LogP contribution >= 0.6 is 11.6 Å². The molecule has 7 nitrogen and oxygen atoms in total. The van der Waals surface area contributed by atoms with Crippen LogP contribution in [-0.4, -0.2) is 49.8 Å². The SMILES string of the molecule is CC(C)(C)NC(=O)COC(=O)C1CCN(S(=O)(=O)c2ccc(Cl)cc2)CC1. The molecule has 0 bridgehead atoms. The highest BCUT2D eigenvalue weighted by molar-refractivity contribution is 7.89. The Labute approximate surface area is 165 Å². The van der Waals surface area contributed by atoms with Crippen LogP contribution in [0.15, 0.2) is 29.2 Å². The molecule has 1 saturated heterocycles. The van der Waals surface area contributed by atoms with Crippen LogP contribution in [0, 0.1) is 5.92 Å². The lowest BCUT2D eigenvalue weighted by Gasteiger charge is -2.30. The van der Waals surface area contributed by atoms with Gasteiger partial charge in [0.1, 0.15) is 0 Å². The zero-order chi connectivity index (χ0) is 20.2. The monoisotopic (exact) mass is 416 g/mol. The number of halogens is 1. The molecule has 1 heterocycles. The van der Waals surface area contributed by atoms with Crippen molar-refractivity contribution in [2.24, 2.45) is 5.92 Å². The van der Waals surface area contributed by atoms with E-state index in [1.54, 1.807) is 0 Å². The number of hydrogen-bond donors (Lipinski definition) is 1. The first-order valence-corrected chi connectivity index (χ1v) is 10.5. The number of amides is 1. The molecule has 1 amide bonds. The van der Waals surface area contributed by atoms with E-state index in [4.69, 9.17) is 16.3 Å². The van der Waals surface area contributed by atoms with Crippen molar-refractivity contribution in [3.63, 3.8) is 0 Å². The Hall–Kier alpha value is -1.64. The molecular weight excluding hydrogens is 392 g/mol. The third kappa shape index (κ3) is 6.19. The van der Waals surface area contributed by atoms with E-state index in [2.05, 4.69) is 5.32 Å². The highest BCUT2D eigenvalue weighted by Crippen LogP contribution is 2.25. The predicted octanol–water partition coefficient (Wildman–Crippen LogP) is 2.20. The highest BCUT2D eigenvalue weighted by atomic mass is 35.5. The Morgan fingerprint density at radius 3 is 2.26 bits per heavy atom. The van der Waals surface area contributed by atoms with Crippen LogP contribution in [0.4, 0.5) is 0 Å². The lowest BCUT2D eigenvalue weighted by Crippen LogP contribution is -2.44. The fraction of sp³-hybridized carbons (Fsp3) is 0.556. The number of piperidine rings is 1. The molecule has 0 aliphatic carbocycles. The van der Waals surface area contributed by atoms with Gasteiger partial charge in [-0.05, 0) is 57.9 Å². The summed E-state index contributed by atoms with van der Waals surface area (Å²) in [5.74, 6) is -1.25. The summed E-state index contributed by atoms with van der Waals surface area (Å²) in [6.07, 6.45) is 0.707. The molecule has 0 spiro atoms. The molecule has 2 rings (SSSR count). The van der Waals surface area contributed by atoms with Crippen molar-refractivity contribution in [3.05, 3.63) is 29.3 Å². The summed E-state index contributed by atoms with van der Waals surface area (Å²) in [6, 6.07) is 5.99. The molecule has 1 fully saturated rings. The minimum Gasteiger partial charge on any atom is -0.455 e. The Balaban J connectivity index is 1.86. The largest absolute Gasteiger partial charge is 0.455 e. The maximum absolute atomic E-state index is 12.6. The molecule has 0 unspecified atom stereocenters. The summed E-state index contributed by atoms with van der Waals surface area (Å²) in [5, 5.41) is 3.18. The van der Waals surface area contributed by atoms with Crippen LogP contribution in [-0.2, 0) is 24.3 Å². The molecule has 1 N–H and O–H groups in total. The van der Waals surface area contributed by atoms with Crippen molar-refractivity contribution in [1.82, 2.24) is 9.62 Å². The van der Waals surface area contributed by atoms with E-state index in [1.165, 1.54) is 28.6 Å². The van der Waals surface area contributed by atoms with Gasteiger partial charge in [0.15, 0.2) is 6.61 Å². The number of ether oxygens (including phenoxy) is 1. The highest BCUT2D eigenvalue weighted by Gasteiger charge is 2.33. The fourth-order valence-corrected chi connectivity index (χ4v) is 4.39. The standard InChI is InChI=1S/C18H25ClN2O5S/c1-18(2,3)20-16(22)12-26-17(23)13-8-10-21(11-9-13)27(24,25)15-6-4-14(19)5-7-15/h4-7,13H,8-12H2,1-3H3,(H,20,22). The second kappa shape index (κ2) is 8.58. The molecule has 0 atom stereocenters. The molecule has 1 aliphatic heterocycles. The molecule has 9 heteroatoms. The second-order valence-corrected chi connectivity index (χ2v) is 9.91. The van der Waals surface area contributed by atoms with Crippen molar-refractivity contribution >= 4 is 33.5 Å². The van der Waals surface area contributed by atoms with Crippen molar-refractivity contribution < 1.29 is 22.7 Å². The zero-order valence-electron chi connectivity index (χ0n) is 15.7. The van der Waals surface area contributed by atoms with E-state index >= 15 is 0 Å². The van der Waals surface area contributed by atoms with Gasteiger partial charge in [-0.25, -0.2) is 8.42 Å². The summed E-state index contributed by atoms with van der Waals surface area (Å²) in [4.78, 5) is 24.0. The van der Waals surface area contributed by atoms with Crippen LogP contribution in [0.1, 0.15) is 33.6 Å². The van der Waals surface area contributed by atoms with Gasteiger partial charge in [0.2, 0.25) is 10.0 Å². The lowest BCUT2D eigenvalue weighted by atomic mass is 9.98. The summed E-state index contributed by atoms with van der Waals surface area (Å²) in [5.41, 5.74) is -0.398. The first-order valence-electron chi connectivity index (χ1n) is 8.72. The quantitative estimate of drug-likeness (QED) is 0.743. The van der Waals surface area contributed by atoms with E-state index in [1.807, 2.05) is 20.8 Å². The number of hydrogen-bond acceptors (Lipinski definition) is 5. The van der Waals surface area contributed by atoms with Gasteiger partial charge in [0.25, 0.3) is 5.91 Å². The molecule has 0 aromatic heterocycles. The van der Waals surface area contributed by atoms with Gasteiger partial charge in [0.05, 0.1) is 10.8 Å². The van der Waals surface area contributed by atoms with Gasteiger partial charge in [-0.1, -0.05) is 11.6 Å². The minimum atomic E-state index is -3.62. The van der Waals surface area contributed by atoms with E-state index in [9.17, 15) is 18.0 Å². The first kappa shape index (κ1) is 21.7. The first-order chi connectivity index (χ1) is 12.5. The number of rotatable bonds is 5. The summed E-state index contributed by atoms with van der Waals surface area (Å²) in [7, 11) is -3.62. The number of sulfonamides is 1. The number of nitrogens with zero attached hydrogens (tertiary/aromatic N) is 1. The Morgan fingerprint density at radius 1 is 1.19 bits per heavy atom. The van der Waals surface area contributed by atoms with Crippen molar-refractivity contribution in [2.75, 3.05) is 19.7 Å². The smallest absolute Gasteiger partial charge is 0.309 e. The fourth-order valence-electron chi connectivity index (χ4n) is 2.80. The summed E-state index contributed by atoms with van der Waals surface area (Å²) >= 11 is 5.80. The molecule has 27 heavy (non-hydrogen) atoms.